The topological polar surface area (TPSA) is 151 Å². The Morgan fingerprint density at radius 2 is 1.33 bits per heavy atom. The molecule has 0 aromatic heterocycles. The van der Waals surface area contributed by atoms with E-state index < -0.39 is 23.6 Å². The summed E-state index contributed by atoms with van der Waals surface area (Å²) in [6.07, 6.45) is 25.1. The molecule has 2 amide bonds. The molecule has 0 spiro atoms. The SMILES string of the molecule is CC.CC/C=C\C/C=C\C/C=C\C/C=C\C/C=C\CCCC(=O)OSCCNC(=O)CCNC(=O)C(O)C(C)(C)COC(=O)O. The summed E-state index contributed by atoms with van der Waals surface area (Å²) in [5.41, 5.74) is -1.13. The molecule has 0 saturated heterocycles. The summed E-state index contributed by atoms with van der Waals surface area (Å²) in [6, 6.07) is 0. The first-order valence-electron chi connectivity index (χ1n) is 15.8. The van der Waals surface area contributed by atoms with Gasteiger partial charge in [0.25, 0.3) is 0 Å². The Bertz CT molecular complexity index is 958. The molecule has 256 valence electrons. The number of nitrogens with one attached hydrogen (secondary N) is 2. The molecule has 0 aliphatic heterocycles. The number of aliphatic hydroxyl groups excluding tert-OH is 1. The lowest BCUT2D eigenvalue weighted by Gasteiger charge is -2.28. The molecular formula is C34H56N2O8S. The van der Waals surface area contributed by atoms with Crippen LogP contribution in [0.5, 0.6) is 0 Å². The zero-order valence-corrected chi connectivity index (χ0v) is 28.6. The van der Waals surface area contributed by atoms with Gasteiger partial charge in [-0.15, -0.1) is 0 Å². The fraction of sp³-hybridized carbons (Fsp3) is 0.588. The molecule has 11 heteroatoms. The highest BCUT2D eigenvalue weighted by molar-refractivity contribution is 7.95. The highest BCUT2D eigenvalue weighted by atomic mass is 32.2. The van der Waals surface area contributed by atoms with Crippen molar-refractivity contribution >= 4 is 36.0 Å². The van der Waals surface area contributed by atoms with Gasteiger partial charge in [0.15, 0.2) is 0 Å². The number of aliphatic hydroxyl groups is 1. The first-order valence-corrected chi connectivity index (χ1v) is 16.7. The molecule has 1 atom stereocenters. The highest BCUT2D eigenvalue weighted by Gasteiger charge is 2.35. The average Bonchev–Trinajstić information content (AvgIpc) is 3.02. The fourth-order valence-corrected chi connectivity index (χ4v) is 3.76. The summed E-state index contributed by atoms with van der Waals surface area (Å²) in [5.74, 6) is -0.959. The molecule has 0 bridgehead atoms. The number of hydrogen-bond acceptors (Lipinski definition) is 8. The van der Waals surface area contributed by atoms with E-state index in [1.165, 1.54) is 13.8 Å². The highest BCUT2D eigenvalue weighted by Crippen LogP contribution is 2.21. The van der Waals surface area contributed by atoms with Gasteiger partial charge in [-0.05, 0) is 44.9 Å². The van der Waals surface area contributed by atoms with Crippen molar-refractivity contribution in [2.75, 3.05) is 25.4 Å². The number of carboxylic acid groups (broad SMARTS) is 1. The number of carbonyl (C=O) groups excluding carboxylic acids is 3. The minimum atomic E-state index is -1.51. The van der Waals surface area contributed by atoms with Crippen molar-refractivity contribution in [1.29, 1.82) is 0 Å². The van der Waals surface area contributed by atoms with Crippen LogP contribution < -0.4 is 10.6 Å². The predicted molar refractivity (Wildman–Crippen MR) is 183 cm³/mol. The Morgan fingerprint density at radius 1 is 0.800 bits per heavy atom. The van der Waals surface area contributed by atoms with Crippen LogP contribution in [0.1, 0.15) is 92.4 Å². The molecule has 0 aromatic carbocycles. The van der Waals surface area contributed by atoms with E-state index in [1.54, 1.807) is 0 Å². The molecule has 0 rings (SSSR count). The second-order valence-electron chi connectivity index (χ2n) is 10.2. The van der Waals surface area contributed by atoms with Crippen LogP contribution in [0.25, 0.3) is 0 Å². The molecule has 1 unspecified atom stereocenters. The van der Waals surface area contributed by atoms with Gasteiger partial charge in [-0.1, -0.05) is 95.4 Å². The third-order valence-electron chi connectivity index (χ3n) is 5.78. The van der Waals surface area contributed by atoms with E-state index in [-0.39, 0.29) is 38.0 Å². The first-order chi connectivity index (χ1) is 21.6. The molecule has 0 aromatic rings. The fourth-order valence-electron chi connectivity index (χ4n) is 3.28. The molecule has 10 nitrogen and oxygen atoms in total. The van der Waals surface area contributed by atoms with Crippen molar-refractivity contribution in [3.8, 4) is 0 Å². The van der Waals surface area contributed by atoms with E-state index in [0.717, 1.165) is 50.6 Å². The summed E-state index contributed by atoms with van der Waals surface area (Å²) in [7, 11) is 0. The molecule has 0 radical (unpaired) electrons. The maximum Gasteiger partial charge on any atom is 0.505 e. The monoisotopic (exact) mass is 652 g/mol. The lowest BCUT2D eigenvalue weighted by Crippen LogP contribution is -2.46. The number of unbranched alkanes of at least 4 members (excludes halogenated alkanes) is 1. The van der Waals surface area contributed by atoms with Crippen LogP contribution in [0.15, 0.2) is 60.8 Å². The average molecular weight is 653 g/mol. The Labute approximate surface area is 274 Å². The zero-order valence-electron chi connectivity index (χ0n) is 27.8. The van der Waals surface area contributed by atoms with E-state index in [0.29, 0.717) is 18.6 Å². The van der Waals surface area contributed by atoms with Gasteiger partial charge in [0.1, 0.15) is 12.7 Å². The van der Waals surface area contributed by atoms with Gasteiger partial charge in [-0.3, -0.25) is 14.4 Å². The Balaban J connectivity index is 0. The summed E-state index contributed by atoms with van der Waals surface area (Å²) in [5, 5.41) is 23.8. The number of ether oxygens (including phenoxy) is 1. The van der Waals surface area contributed by atoms with Crippen LogP contribution in [0.3, 0.4) is 0 Å². The molecule has 4 N–H and O–H groups in total. The number of allylic oxidation sites excluding steroid dienone is 10. The molecule has 45 heavy (non-hydrogen) atoms. The zero-order chi connectivity index (χ0) is 34.2. The molecular weight excluding hydrogens is 596 g/mol. The van der Waals surface area contributed by atoms with E-state index in [4.69, 9.17) is 9.29 Å². The van der Waals surface area contributed by atoms with Gasteiger partial charge in [-0.2, -0.15) is 0 Å². The van der Waals surface area contributed by atoms with E-state index in [9.17, 15) is 24.3 Å². The van der Waals surface area contributed by atoms with Gasteiger partial charge in [-0.25, -0.2) is 4.79 Å². The van der Waals surface area contributed by atoms with Crippen molar-refractivity contribution in [2.45, 2.75) is 98.5 Å². The largest absolute Gasteiger partial charge is 0.505 e. The summed E-state index contributed by atoms with van der Waals surface area (Å²) >= 11 is 0.975. The number of rotatable bonds is 24. The lowest BCUT2D eigenvalue weighted by molar-refractivity contribution is -0.137. The minimum Gasteiger partial charge on any atom is -0.450 e. The molecule has 0 fully saturated rings. The Morgan fingerprint density at radius 3 is 1.87 bits per heavy atom. The van der Waals surface area contributed by atoms with Crippen LogP contribution in [0.2, 0.25) is 0 Å². The summed E-state index contributed by atoms with van der Waals surface area (Å²) < 4.78 is 9.54. The van der Waals surface area contributed by atoms with Crippen LogP contribution in [-0.2, 0) is 23.3 Å². The van der Waals surface area contributed by atoms with E-state index in [2.05, 4.69) is 83.1 Å². The van der Waals surface area contributed by atoms with Crippen LogP contribution in [0.4, 0.5) is 4.79 Å². The quantitative estimate of drug-likeness (QED) is 0.0381. The van der Waals surface area contributed by atoms with Crippen molar-refractivity contribution < 1.29 is 38.3 Å². The summed E-state index contributed by atoms with van der Waals surface area (Å²) in [4.78, 5) is 46.3. The van der Waals surface area contributed by atoms with Crippen LogP contribution in [-0.4, -0.2) is 65.7 Å². The summed E-state index contributed by atoms with van der Waals surface area (Å²) in [6.45, 7) is 9.04. The van der Waals surface area contributed by atoms with Crippen LogP contribution in [0, 0.1) is 5.41 Å². The Hall–Kier alpha value is -3.31. The second-order valence-corrected chi connectivity index (χ2v) is 11.0. The molecule has 0 aliphatic rings. The second kappa shape index (κ2) is 30.7. The first kappa shape index (κ1) is 43.8. The van der Waals surface area contributed by atoms with Gasteiger partial charge in [0.2, 0.25) is 11.8 Å². The number of hydrogen-bond donors (Lipinski definition) is 4. The van der Waals surface area contributed by atoms with Crippen molar-refractivity contribution in [2.24, 2.45) is 5.41 Å². The molecule has 0 heterocycles. The molecule has 0 saturated carbocycles. The predicted octanol–water partition coefficient (Wildman–Crippen LogP) is 6.83. The smallest absolute Gasteiger partial charge is 0.450 e. The van der Waals surface area contributed by atoms with Gasteiger partial charge >= 0.3 is 12.1 Å². The van der Waals surface area contributed by atoms with Gasteiger partial charge in [0, 0.05) is 37.1 Å². The van der Waals surface area contributed by atoms with E-state index in [1.807, 2.05) is 13.8 Å². The lowest BCUT2D eigenvalue weighted by atomic mass is 9.87. The number of amides is 2. The normalized spacial score (nSPS) is 12.5. The third-order valence-corrected chi connectivity index (χ3v) is 6.45. The maximum atomic E-state index is 12.1. The van der Waals surface area contributed by atoms with Gasteiger partial charge < -0.3 is 29.8 Å². The Kier molecular flexibility index (Phi) is 29.9. The van der Waals surface area contributed by atoms with Crippen LogP contribution >= 0.6 is 12.0 Å². The van der Waals surface area contributed by atoms with E-state index >= 15 is 0 Å². The maximum absolute atomic E-state index is 12.1. The standard InChI is InChI=1S/C32H50N2O8S.C2H6/c1-4-5-6-7-8-9-10-11-12-13-14-15-16-17-18-19-20-21-28(36)42-43-25-24-33-27(35)22-23-34-30(38)29(37)32(2,3)26-41-31(39)40;1-2/h5-6,8-9,11-12,14-15,17-18,29,37H,4,7,10,13,16,19-26H2,1-3H3,(H,33,35)(H,34,38)(H,39,40);1-2H3/b6-5-,9-8-,12-11-,15-14-,18-17-;. The third kappa shape index (κ3) is 29.2. The van der Waals surface area contributed by atoms with Crippen molar-refractivity contribution in [3.05, 3.63) is 60.8 Å². The van der Waals surface area contributed by atoms with Gasteiger partial charge in [0.05, 0.1) is 12.0 Å². The number of carbonyl (C=O) groups is 4. The molecule has 0 aliphatic carbocycles. The van der Waals surface area contributed by atoms with Crippen molar-refractivity contribution in [3.63, 3.8) is 0 Å². The van der Waals surface area contributed by atoms with Crippen molar-refractivity contribution in [1.82, 2.24) is 10.6 Å². The minimum absolute atomic E-state index is 0.00237.